The zero-order chi connectivity index (χ0) is 21.8. The van der Waals surface area contributed by atoms with Gasteiger partial charge in [0.15, 0.2) is 11.0 Å². The van der Waals surface area contributed by atoms with Crippen molar-refractivity contribution < 1.29 is 9.53 Å². The number of thioether (sulfide) groups is 1. The molecule has 0 radical (unpaired) electrons. The molecule has 2 heterocycles. The van der Waals surface area contributed by atoms with Crippen LogP contribution in [0.2, 0.25) is 0 Å². The molecule has 31 heavy (non-hydrogen) atoms. The average molecular weight is 436 g/mol. The Morgan fingerprint density at radius 1 is 1.19 bits per heavy atom. The Morgan fingerprint density at radius 2 is 2.03 bits per heavy atom. The summed E-state index contributed by atoms with van der Waals surface area (Å²) in [7, 11) is 1.67. The Morgan fingerprint density at radius 3 is 2.84 bits per heavy atom. The topological polar surface area (TPSA) is 84.8 Å². The summed E-state index contributed by atoms with van der Waals surface area (Å²) in [6, 6.07) is 14.1. The van der Waals surface area contributed by atoms with E-state index >= 15 is 0 Å². The number of hydrogen-bond donors (Lipinski definition) is 2. The Bertz CT molecular complexity index is 1210. The van der Waals surface area contributed by atoms with Crippen molar-refractivity contribution in [3.05, 3.63) is 59.8 Å². The van der Waals surface area contributed by atoms with Crippen LogP contribution in [0.25, 0.3) is 22.3 Å². The number of fused-ring (bicyclic) bond motifs is 1. The highest BCUT2D eigenvalue weighted by atomic mass is 32.2. The van der Waals surface area contributed by atoms with Gasteiger partial charge in [-0.1, -0.05) is 47.7 Å². The van der Waals surface area contributed by atoms with Gasteiger partial charge in [0.1, 0.15) is 0 Å². The summed E-state index contributed by atoms with van der Waals surface area (Å²) in [4.78, 5) is 15.8. The molecule has 1 amide bonds. The predicted molar refractivity (Wildman–Crippen MR) is 124 cm³/mol. The number of aromatic nitrogens is 4. The Kier molecular flexibility index (Phi) is 6.39. The minimum atomic E-state index is -0.0770. The molecule has 0 unspecified atom stereocenters. The van der Waals surface area contributed by atoms with Crippen LogP contribution in [-0.2, 0) is 16.1 Å². The first-order valence-corrected chi connectivity index (χ1v) is 11.0. The third kappa shape index (κ3) is 4.65. The number of ether oxygens (including phenoxy) is 1. The summed E-state index contributed by atoms with van der Waals surface area (Å²) < 4.78 is 7.29. The fourth-order valence-electron chi connectivity index (χ4n) is 3.51. The maximum absolute atomic E-state index is 12.5. The Labute approximate surface area is 185 Å². The lowest BCUT2D eigenvalue weighted by Gasteiger charge is -2.10. The second kappa shape index (κ2) is 9.36. The molecule has 0 fully saturated rings. The monoisotopic (exact) mass is 435 g/mol. The predicted octanol–water partition coefficient (Wildman–Crippen LogP) is 4.42. The second-order valence-electron chi connectivity index (χ2n) is 7.35. The van der Waals surface area contributed by atoms with Crippen LogP contribution in [0.3, 0.4) is 0 Å². The summed E-state index contributed by atoms with van der Waals surface area (Å²) in [5, 5.41) is 13.5. The molecule has 0 saturated heterocycles. The number of aromatic amines is 1. The normalized spacial score (nSPS) is 11.2. The third-order valence-electron chi connectivity index (χ3n) is 5.05. The second-order valence-corrected chi connectivity index (χ2v) is 8.30. The molecule has 0 bridgehead atoms. The van der Waals surface area contributed by atoms with E-state index in [0.717, 1.165) is 33.5 Å². The number of amides is 1. The van der Waals surface area contributed by atoms with Gasteiger partial charge in [0.25, 0.3) is 0 Å². The first-order valence-electron chi connectivity index (χ1n) is 10.1. The molecule has 0 aliphatic carbocycles. The van der Waals surface area contributed by atoms with Crippen LogP contribution < -0.4 is 5.32 Å². The number of carbonyl (C=O) groups excluding carboxylic acids is 1. The van der Waals surface area contributed by atoms with E-state index in [1.807, 2.05) is 54.9 Å². The van der Waals surface area contributed by atoms with E-state index in [0.29, 0.717) is 18.3 Å². The lowest BCUT2D eigenvalue weighted by molar-refractivity contribution is -0.113. The summed E-state index contributed by atoms with van der Waals surface area (Å²) in [6.07, 6.45) is 1.94. The Balaban J connectivity index is 1.53. The van der Waals surface area contributed by atoms with Crippen LogP contribution in [-0.4, -0.2) is 45.1 Å². The Hall–Kier alpha value is -3.10. The molecule has 7 nitrogen and oxygen atoms in total. The number of anilines is 1. The van der Waals surface area contributed by atoms with Gasteiger partial charge in [-0.3, -0.25) is 9.36 Å². The molecule has 0 aliphatic heterocycles. The van der Waals surface area contributed by atoms with Crippen LogP contribution in [0.4, 0.5) is 5.69 Å². The smallest absolute Gasteiger partial charge is 0.234 e. The third-order valence-corrected chi connectivity index (χ3v) is 6.02. The van der Waals surface area contributed by atoms with E-state index in [4.69, 9.17) is 4.74 Å². The van der Waals surface area contributed by atoms with Crippen molar-refractivity contribution in [3.8, 4) is 11.4 Å². The zero-order valence-corrected chi connectivity index (χ0v) is 18.6. The van der Waals surface area contributed by atoms with E-state index in [1.54, 1.807) is 7.11 Å². The molecule has 4 rings (SSSR count). The van der Waals surface area contributed by atoms with Crippen molar-refractivity contribution in [2.75, 3.05) is 24.8 Å². The van der Waals surface area contributed by atoms with Gasteiger partial charge in [-0.2, -0.15) is 0 Å². The van der Waals surface area contributed by atoms with Crippen molar-refractivity contribution in [3.63, 3.8) is 0 Å². The van der Waals surface area contributed by atoms with Gasteiger partial charge in [-0.15, -0.1) is 10.2 Å². The number of H-pyrrole nitrogens is 1. The molecule has 0 aliphatic rings. The maximum atomic E-state index is 12.5. The number of benzene rings is 2. The molecule has 0 spiro atoms. The lowest BCUT2D eigenvalue weighted by Crippen LogP contribution is -2.16. The molecule has 0 atom stereocenters. The van der Waals surface area contributed by atoms with Crippen LogP contribution in [0.5, 0.6) is 0 Å². The summed E-state index contributed by atoms with van der Waals surface area (Å²) >= 11 is 1.37. The standard InChI is InChI=1S/C23H25N5O2S/c1-15-8-9-19(16(2)12-15)25-21(29)14-31-23-27-26-22(28(23)10-11-30-3)18-13-24-20-7-5-4-6-17(18)20/h4-9,12-13,24H,10-11,14H2,1-3H3,(H,25,29). The molecule has 8 heteroatoms. The average Bonchev–Trinajstić information content (AvgIpc) is 3.36. The van der Waals surface area contributed by atoms with Crippen molar-refractivity contribution in [1.82, 2.24) is 19.7 Å². The van der Waals surface area contributed by atoms with Gasteiger partial charge in [-0.05, 0) is 31.5 Å². The first-order chi connectivity index (χ1) is 15.1. The van der Waals surface area contributed by atoms with Crippen LogP contribution in [0.1, 0.15) is 11.1 Å². The van der Waals surface area contributed by atoms with Gasteiger partial charge < -0.3 is 15.0 Å². The van der Waals surface area contributed by atoms with Gasteiger partial charge in [0.05, 0.1) is 18.9 Å². The minimum Gasteiger partial charge on any atom is -0.383 e. The van der Waals surface area contributed by atoms with Gasteiger partial charge in [0, 0.05) is 35.5 Å². The number of para-hydroxylation sites is 1. The highest BCUT2D eigenvalue weighted by molar-refractivity contribution is 7.99. The summed E-state index contributed by atoms with van der Waals surface area (Å²) in [5.74, 6) is 0.922. The van der Waals surface area contributed by atoms with Gasteiger partial charge in [-0.25, -0.2) is 0 Å². The molecule has 2 aromatic heterocycles. The van der Waals surface area contributed by atoms with Crippen LogP contribution in [0.15, 0.2) is 53.8 Å². The molecule has 0 saturated carbocycles. The number of carbonyl (C=O) groups is 1. The molecule has 4 aromatic rings. The number of aryl methyl sites for hydroxylation is 2. The van der Waals surface area contributed by atoms with Crippen molar-refractivity contribution in [2.45, 2.75) is 25.5 Å². The largest absolute Gasteiger partial charge is 0.383 e. The SMILES string of the molecule is COCCn1c(SCC(=O)Nc2ccc(C)cc2C)nnc1-c1c[nH]c2ccccc12. The maximum Gasteiger partial charge on any atom is 0.234 e. The number of nitrogens with one attached hydrogen (secondary N) is 2. The summed E-state index contributed by atoms with van der Waals surface area (Å²) in [6.45, 7) is 5.15. The fourth-order valence-corrected chi connectivity index (χ4v) is 4.27. The summed E-state index contributed by atoms with van der Waals surface area (Å²) in [5.41, 5.74) is 5.06. The van der Waals surface area contributed by atoms with Gasteiger partial charge in [0.2, 0.25) is 5.91 Å². The lowest BCUT2D eigenvalue weighted by atomic mass is 10.1. The van der Waals surface area contributed by atoms with E-state index in [-0.39, 0.29) is 11.7 Å². The zero-order valence-electron chi connectivity index (χ0n) is 17.8. The van der Waals surface area contributed by atoms with Gasteiger partial charge >= 0.3 is 0 Å². The quantitative estimate of drug-likeness (QED) is 0.400. The molecular weight excluding hydrogens is 410 g/mol. The van der Waals surface area contributed by atoms with Crippen molar-refractivity contribution in [1.29, 1.82) is 0 Å². The van der Waals surface area contributed by atoms with Crippen molar-refractivity contribution >= 4 is 34.3 Å². The molecular formula is C23H25N5O2S. The van der Waals surface area contributed by atoms with E-state index < -0.39 is 0 Å². The fraction of sp³-hybridized carbons (Fsp3) is 0.261. The molecule has 2 aromatic carbocycles. The van der Waals surface area contributed by atoms with E-state index in [2.05, 4.69) is 32.6 Å². The molecule has 2 N–H and O–H groups in total. The number of rotatable bonds is 8. The first kappa shape index (κ1) is 21.1. The van der Waals surface area contributed by atoms with E-state index in [9.17, 15) is 4.79 Å². The van der Waals surface area contributed by atoms with Crippen LogP contribution in [0, 0.1) is 13.8 Å². The van der Waals surface area contributed by atoms with E-state index in [1.165, 1.54) is 17.3 Å². The number of methoxy groups -OCH3 is 1. The highest BCUT2D eigenvalue weighted by Crippen LogP contribution is 2.30. The van der Waals surface area contributed by atoms with Crippen molar-refractivity contribution in [2.24, 2.45) is 0 Å². The van der Waals surface area contributed by atoms with Crippen LogP contribution >= 0.6 is 11.8 Å². The minimum absolute atomic E-state index is 0.0770. The number of nitrogens with zero attached hydrogens (tertiary/aromatic N) is 3. The molecule has 160 valence electrons. The highest BCUT2D eigenvalue weighted by Gasteiger charge is 2.18. The number of hydrogen-bond acceptors (Lipinski definition) is 5.